The molecule has 1 aromatic carbocycles. The van der Waals surface area contributed by atoms with Crippen LogP contribution in [-0.4, -0.2) is 18.1 Å². The van der Waals surface area contributed by atoms with Crippen molar-refractivity contribution in [1.29, 1.82) is 0 Å². The van der Waals surface area contributed by atoms with Crippen LogP contribution in [0.25, 0.3) is 11.0 Å². The monoisotopic (exact) mass is 315 g/mol. The molecule has 23 heavy (non-hydrogen) atoms. The summed E-state index contributed by atoms with van der Waals surface area (Å²) in [4.78, 5) is 24.1. The largest absolute Gasteiger partial charge is 0.423 e. The lowest BCUT2D eigenvalue weighted by Crippen LogP contribution is -2.45. The van der Waals surface area contributed by atoms with Gasteiger partial charge in [-0.2, -0.15) is 0 Å². The van der Waals surface area contributed by atoms with Gasteiger partial charge in [0, 0.05) is 23.7 Å². The van der Waals surface area contributed by atoms with Crippen LogP contribution in [0.1, 0.15) is 37.3 Å². The molecule has 0 bridgehead atoms. The van der Waals surface area contributed by atoms with Gasteiger partial charge in [-0.15, -0.1) is 0 Å². The van der Waals surface area contributed by atoms with E-state index in [2.05, 4.69) is 5.32 Å². The van der Waals surface area contributed by atoms with E-state index in [1.165, 1.54) is 6.07 Å². The van der Waals surface area contributed by atoms with E-state index in [-0.39, 0.29) is 11.5 Å². The van der Waals surface area contributed by atoms with E-state index in [1.54, 1.807) is 6.07 Å². The lowest BCUT2D eigenvalue weighted by Gasteiger charge is -2.32. The molecule has 1 aliphatic heterocycles. The first-order valence-electron chi connectivity index (χ1n) is 7.89. The summed E-state index contributed by atoms with van der Waals surface area (Å²) in [5, 5.41) is 3.79. The Morgan fingerprint density at radius 1 is 1.17 bits per heavy atom. The van der Waals surface area contributed by atoms with Crippen LogP contribution in [0.2, 0.25) is 0 Å². The molecule has 5 heteroatoms. The Kier molecular flexibility index (Phi) is 3.98. The molecule has 2 heterocycles. The Morgan fingerprint density at radius 3 is 2.65 bits per heavy atom. The minimum Gasteiger partial charge on any atom is -0.423 e. The molecule has 3 rings (SSSR count). The number of carbonyl (C=O) groups excluding carboxylic acids is 1. The van der Waals surface area contributed by atoms with Crippen molar-refractivity contribution in [2.75, 3.05) is 11.9 Å². The molecule has 1 atom stereocenters. The number of ether oxygens (including phenoxy) is 1. The fraction of sp³-hybridized carbons (Fsp3) is 0.444. The summed E-state index contributed by atoms with van der Waals surface area (Å²) in [5.41, 5.74) is 1.78. The van der Waals surface area contributed by atoms with Crippen LogP contribution in [0.5, 0.6) is 0 Å². The van der Waals surface area contributed by atoms with E-state index in [4.69, 9.17) is 9.15 Å². The van der Waals surface area contributed by atoms with Gasteiger partial charge in [-0.3, -0.25) is 4.79 Å². The van der Waals surface area contributed by atoms with E-state index in [1.807, 2.05) is 26.8 Å². The lowest BCUT2D eigenvalue weighted by atomic mass is 9.94. The van der Waals surface area contributed by atoms with Gasteiger partial charge in [0.05, 0.1) is 0 Å². The number of aryl methyl sites for hydroxylation is 2. The number of hydrogen-bond donors (Lipinski definition) is 1. The number of anilines is 1. The van der Waals surface area contributed by atoms with Crippen molar-refractivity contribution < 1.29 is 13.9 Å². The average Bonchev–Trinajstić information content (AvgIpc) is 2.49. The average molecular weight is 315 g/mol. The predicted molar refractivity (Wildman–Crippen MR) is 88.8 cm³/mol. The number of amides is 1. The fourth-order valence-electron chi connectivity index (χ4n) is 2.97. The molecule has 0 spiro atoms. The zero-order chi connectivity index (χ0) is 16.6. The van der Waals surface area contributed by atoms with Crippen LogP contribution in [0.4, 0.5) is 5.69 Å². The molecule has 1 unspecified atom stereocenters. The molecule has 5 nitrogen and oxygen atoms in total. The minimum absolute atomic E-state index is 0.130. The molecule has 1 fully saturated rings. The fourth-order valence-corrected chi connectivity index (χ4v) is 2.97. The van der Waals surface area contributed by atoms with Crippen LogP contribution < -0.4 is 10.9 Å². The van der Waals surface area contributed by atoms with Crippen molar-refractivity contribution >= 4 is 22.6 Å². The Balaban J connectivity index is 1.95. The first-order valence-corrected chi connectivity index (χ1v) is 7.89. The molecular formula is C18H21NO4. The molecule has 1 amide bonds. The second-order valence-corrected chi connectivity index (χ2v) is 6.40. The maximum Gasteiger partial charge on any atom is 0.336 e. The normalized spacial score (nSPS) is 21.3. The van der Waals surface area contributed by atoms with Crippen molar-refractivity contribution in [2.24, 2.45) is 0 Å². The minimum atomic E-state index is -0.780. The molecule has 1 aromatic heterocycles. The number of carbonyl (C=O) groups is 1. The van der Waals surface area contributed by atoms with Crippen LogP contribution in [0.15, 0.2) is 27.4 Å². The van der Waals surface area contributed by atoms with Gasteiger partial charge in [-0.25, -0.2) is 4.79 Å². The third kappa shape index (κ3) is 3.01. The van der Waals surface area contributed by atoms with Crippen LogP contribution >= 0.6 is 0 Å². The van der Waals surface area contributed by atoms with Crippen molar-refractivity contribution in [3.05, 3.63) is 39.7 Å². The Bertz CT molecular complexity index is 816. The highest BCUT2D eigenvalue weighted by atomic mass is 16.5. The van der Waals surface area contributed by atoms with Crippen molar-refractivity contribution in [3.63, 3.8) is 0 Å². The number of hydrogen-bond acceptors (Lipinski definition) is 4. The molecular weight excluding hydrogens is 294 g/mol. The summed E-state index contributed by atoms with van der Waals surface area (Å²) in [7, 11) is 0. The summed E-state index contributed by atoms with van der Waals surface area (Å²) in [6.07, 6.45) is 2.71. The van der Waals surface area contributed by atoms with E-state index >= 15 is 0 Å². The second kappa shape index (κ2) is 5.81. The molecule has 0 aliphatic carbocycles. The highest BCUT2D eigenvalue weighted by Gasteiger charge is 2.36. The van der Waals surface area contributed by atoms with Gasteiger partial charge in [0.25, 0.3) is 5.91 Å². The molecule has 1 saturated heterocycles. The summed E-state index contributed by atoms with van der Waals surface area (Å²) < 4.78 is 10.9. The zero-order valence-electron chi connectivity index (χ0n) is 13.7. The number of benzene rings is 1. The molecule has 0 radical (unpaired) electrons. The third-order valence-corrected chi connectivity index (χ3v) is 4.49. The smallest absolute Gasteiger partial charge is 0.336 e. The highest BCUT2D eigenvalue weighted by molar-refractivity contribution is 5.99. The summed E-state index contributed by atoms with van der Waals surface area (Å²) in [5.74, 6) is -0.130. The molecule has 2 aromatic rings. The number of rotatable bonds is 2. The van der Waals surface area contributed by atoms with Crippen molar-refractivity contribution in [2.45, 2.75) is 45.6 Å². The van der Waals surface area contributed by atoms with Crippen LogP contribution in [-0.2, 0) is 9.53 Å². The van der Waals surface area contributed by atoms with Gasteiger partial charge >= 0.3 is 5.63 Å². The summed E-state index contributed by atoms with van der Waals surface area (Å²) >= 11 is 0. The van der Waals surface area contributed by atoms with E-state index < -0.39 is 5.60 Å². The van der Waals surface area contributed by atoms with Crippen LogP contribution in [0, 0.1) is 13.8 Å². The van der Waals surface area contributed by atoms with Gasteiger partial charge < -0.3 is 14.5 Å². The SMILES string of the molecule is Cc1cc2oc(=O)cc(C)c2cc1NC(=O)C1(C)CCCCO1. The standard InChI is InChI=1S/C18H21NO4/c1-11-9-16(20)23-15-8-12(2)14(10-13(11)15)19-17(21)18(3)6-4-5-7-22-18/h8-10H,4-7H2,1-3H3,(H,19,21). The van der Waals surface area contributed by atoms with Crippen LogP contribution in [0.3, 0.4) is 0 Å². The van der Waals surface area contributed by atoms with Gasteiger partial charge in [0.1, 0.15) is 11.2 Å². The second-order valence-electron chi connectivity index (χ2n) is 6.40. The number of fused-ring (bicyclic) bond motifs is 1. The number of nitrogens with one attached hydrogen (secondary N) is 1. The quantitative estimate of drug-likeness (QED) is 0.863. The topological polar surface area (TPSA) is 68.5 Å². The van der Waals surface area contributed by atoms with E-state index in [0.29, 0.717) is 12.2 Å². The summed E-state index contributed by atoms with van der Waals surface area (Å²) in [6.45, 7) is 6.18. The van der Waals surface area contributed by atoms with Gasteiger partial charge in [-0.05, 0) is 63.3 Å². The lowest BCUT2D eigenvalue weighted by molar-refractivity contribution is -0.144. The van der Waals surface area contributed by atoms with Crippen molar-refractivity contribution in [3.8, 4) is 0 Å². The van der Waals surface area contributed by atoms with Crippen molar-refractivity contribution in [1.82, 2.24) is 0 Å². The molecule has 1 aliphatic rings. The molecule has 122 valence electrons. The Hall–Kier alpha value is -2.14. The highest BCUT2D eigenvalue weighted by Crippen LogP contribution is 2.29. The van der Waals surface area contributed by atoms with E-state index in [9.17, 15) is 9.59 Å². The Morgan fingerprint density at radius 2 is 1.96 bits per heavy atom. The maximum absolute atomic E-state index is 12.6. The van der Waals surface area contributed by atoms with Gasteiger partial charge in [0.15, 0.2) is 0 Å². The molecule has 1 N–H and O–H groups in total. The summed E-state index contributed by atoms with van der Waals surface area (Å²) in [6, 6.07) is 5.09. The van der Waals surface area contributed by atoms with E-state index in [0.717, 1.165) is 41.5 Å². The Labute approximate surface area is 134 Å². The van der Waals surface area contributed by atoms with Gasteiger partial charge in [0.2, 0.25) is 0 Å². The third-order valence-electron chi connectivity index (χ3n) is 4.49. The van der Waals surface area contributed by atoms with Gasteiger partial charge in [-0.1, -0.05) is 0 Å². The predicted octanol–water partition coefficient (Wildman–Crippen LogP) is 3.31. The maximum atomic E-state index is 12.6. The first-order chi connectivity index (χ1) is 10.9. The zero-order valence-corrected chi connectivity index (χ0v) is 13.7. The first kappa shape index (κ1) is 15.7. The molecule has 0 saturated carbocycles.